The maximum absolute atomic E-state index is 12.4. The van der Waals surface area contributed by atoms with Gasteiger partial charge in [-0.2, -0.15) is 0 Å². The van der Waals surface area contributed by atoms with Crippen LogP contribution in [0, 0.1) is 0 Å². The third-order valence-corrected chi connectivity index (χ3v) is 5.49. The van der Waals surface area contributed by atoms with Crippen molar-refractivity contribution < 1.29 is 13.2 Å². The molecule has 2 aromatic carbocycles. The highest BCUT2D eigenvalue weighted by atomic mass is 32.2. The van der Waals surface area contributed by atoms with Crippen LogP contribution in [0.15, 0.2) is 53.7 Å². The van der Waals surface area contributed by atoms with Gasteiger partial charge in [-0.15, -0.1) is 0 Å². The molecule has 0 aliphatic rings. The molecule has 3 rings (SSSR count). The molecule has 0 fully saturated rings. The Kier molecular flexibility index (Phi) is 4.56. The molecule has 0 saturated carbocycles. The van der Waals surface area contributed by atoms with E-state index < -0.39 is 9.84 Å². The fraction of sp³-hybridized carbons (Fsp3) is 0.316. The molecule has 0 atom stereocenters. The Morgan fingerprint density at radius 2 is 1.72 bits per heavy atom. The van der Waals surface area contributed by atoms with Crippen molar-refractivity contribution in [2.45, 2.75) is 31.3 Å². The molecule has 0 saturated heterocycles. The molecule has 1 heterocycles. The van der Waals surface area contributed by atoms with E-state index in [0.717, 1.165) is 0 Å². The van der Waals surface area contributed by atoms with Gasteiger partial charge in [0.1, 0.15) is 12.4 Å². The molecule has 5 nitrogen and oxygen atoms in total. The summed E-state index contributed by atoms with van der Waals surface area (Å²) in [5.41, 5.74) is 2.62. The maximum atomic E-state index is 12.4. The molecule has 0 unspecified atom stereocenters. The van der Waals surface area contributed by atoms with E-state index in [1.165, 1.54) is 5.56 Å². The minimum absolute atomic E-state index is 0.0135. The first-order valence-corrected chi connectivity index (χ1v) is 9.82. The SMILES string of the molecule is CC(C)(C)c1ccc(OCCS(=O)(=O)c2nc3ccccc3[nH]2)cc1. The summed E-state index contributed by atoms with van der Waals surface area (Å²) in [7, 11) is -3.52. The topological polar surface area (TPSA) is 72.1 Å². The highest BCUT2D eigenvalue weighted by molar-refractivity contribution is 7.91. The van der Waals surface area contributed by atoms with Crippen LogP contribution in [0.1, 0.15) is 26.3 Å². The summed E-state index contributed by atoms with van der Waals surface area (Å²) in [6.45, 7) is 6.50. The molecule has 0 aliphatic carbocycles. The number of H-pyrrole nitrogens is 1. The Morgan fingerprint density at radius 3 is 2.36 bits per heavy atom. The number of aromatic nitrogens is 2. The predicted octanol–water partition coefficient (Wildman–Crippen LogP) is 3.71. The lowest BCUT2D eigenvalue weighted by Crippen LogP contribution is -2.15. The molecule has 0 bridgehead atoms. The Morgan fingerprint density at radius 1 is 1.04 bits per heavy atom. The zero-order valence-corrected chi connectivity index (χ0v) is 15.4. The molecule has 132 valence electrons. The molecule has 3 aromatic rings. The zero-order chi connectivity index (χ0) is 18.1. The van der Waals surface area contributed by atoms with Gasteiger partial charge in [-0.3, -0.25) is 0 Å². The van der Waals surface area contributed by atoms with Crippen LogP contribution in [0.4, 0.5) is 0 Å². The average Bonchev–Trinajstić information content (AvgIpc) is 2.99. The van der Waals surface area contributed by atoms with E-state index in [-0.39, 0.29) is 22.9 Å². The van der Waals surface area contributed by atoms with Crippen molar-refractivity contribution in [2.24, 2.45) is 0 Å². The van der Waals surface area contributed by atoms with Gasteiger partial charge in [-0.1, -0.05) is 45.0 Å². The number of benzene rings is 2. The molecule has 25 heavy (non-hydrogen) atoms. The highest BCUT2D eigenvalue weighted by Crippen LogP contribution is 2.24. The van der Waals surface area contributed by atoms with E-state index in [1.807, 2.05) is 36.4 Å². The van der Waals surface area contributed by atoms with Crippen LogP contribution in [0.5, 0.6) is 5.75 Å². The minimum atomic E-state index is -3.52. The first-order chi connectivity index (χ1) is 11.8. The summed E-state index contributed by atoms with van der Waals surface area (Å²) in [5.74, 6) is 0.529. The molecule has 0 amide bonds. The number of rotatable bonds is 5. The van der Waals surface area contributed by atoms with Crippen LogP contribution in [0.25, 0.3) is 11.0 Å². The Hall–Kier alpha value is -2.34. The van der Waals surface area contributed by atoms with Crippen LogP contribution in [0.3, 0.4) is 0 Å². The molecule has 6 heteroatoms. The Balaban J connectivity index is 1.64. The molecular formula is C19H22N2O3S. The number of fused-ring (bicyclic) bond motifs is 1. The molecular weight excluding hydrogens is 336 g/mol. The number of para-hydroxylation sites is 2. The summed E-state index contributed by atoms with van der Waals surface area (Å²) in [5, 5.41) is -0.0135. The fourth-order valence-corrected chi connectivity index (χ4v) is 3.49. The van der Waals surface area contributed by atoms with E-state index in [0.29, 0.717) is 16.8 Å². The van der Waals surface area contributed by atoms with E-state index in [2.05, 4.69) is 30.7 Å². The number of nitrogens with one attached hydrogen (secondary N) is 1. The largest absolute Gasteiger partial charge is 0.493 e. The monoisotopic (exact) mass is 358 g/mol. The van der Waals surface area contributed by atoms with Crippen molar-refractivity contribution in [3.8, 4) is 5.75 Å². The number of imidazole rings is 1. The van der Waals surface area contributed by atoms with E-state index in [4.69, 9.17) is 4.74 Å². The van der Waals surface area contributed by atoms with Crippen molar-refractivity contribution >= 4 is 20.9 Å². The Labute approximate surface area is 148 Å². The predicted molar refractivity (Wildman–Crippen MR) is 98.8 cm³/mol. The minimum Gasteiger partial charge on any atom is -0.493 e. The van der Waals surface area contributed by atoms with Gasteiger partial charge in [0, 0.05) is 0 Å². The number of nitrogens with zero attached hydrogens (tertiary/aromatic N) is 1. The molecule has 0 spiro atoms. The van der Waals surface area contributed by atoms with Gasteiger partial charge in [0.2, 0.25) is 15.0 Å². The summed E-state index contributed by atoms with van der Waals surface area (Å²) in [6, 6.07) is 15.0. The molecule has 0 aliphatic heterocycles. The Bertz CT molecular complexity index is 935. The van der Waals surface area contributed by atoms with Gasteiger partial charge in [-0.05, 0) is 35.2 Å². The molecule has 1 N–H and O–H groups in total. The van der Waals surface area contributed by atoms with Crippen molar-refractivity contribution in [3.63, 3.8) is 0 Å². The lowest BCUT2D eigenvalue weighted by Gasteiger charge is -2.19. The van der Waals surface area contributed by atoms with Gasteiger partial charge in [-0.25, -0.2) is 13.4 Å². The van der Waals surface area contributed by atoms with Gasteiger partial charge in [0.25, 0.3) is 0 Å². The van der Waals surface area contributed by atoms with E-state index in [9.17, 15) is 8.42 Å². The van der Waals surface area contributed by atoms with Crippen LogP contribution in [0.2, 0.25) is 0 Å². The van der Waals surface area contributed by atoms with E-state index in [1.54, 1.807) is 12.1 Å². The van der Waals surface area contributed by atoms with Crippen LogP contribution in [-0.2, 0) is 15.3 Å². The highest BCUT2D eigenvalue weighted by Gasteiger charge is 2.19. The summed E-state index contributed by atoms with van der Waals surface area (Å²) < 4.78 is 30.4. The van der Waals surface area contributed by atoms with Crippen LogP contribution >= 0.6 is 0 Å². The van der Waals surface area contributed by atoms with Crippen LogP contribution in [-0.4, -0.2) is 30.7 Å². The van der Waals surface area contributed by atoms with Crippen LogP contribution < -0.4 is 4.74 Å². The lowest BCUT2D eigenvalue weighted by molar-refractivity contribution is 0.340. The lowest BCUT2D eigenvalue weighted by atomic mass is 9.87. The first kappa shape index (κ1) is 17.5. The summed E-state index contributed by atoms with van der Waals surface area (Å²) >= 11 is 0. The maximum Gasteiger partial charge on any atom is 0.226 e. The van der Waals surface area contributed by atoms with Gasteiger partial charge < -0.3 is 9.72 Å². The number of aromatic amines is 1. The van der Waals surface area contributed by atoms with Gasteiger partial charge >= 0.3 is 0 Å². The summed E-state index contributed by atoms with van der Waals surface area (Å²) in [6.07, 6.45) is 0. The van der Waals surface area contributed by atoms with Crippen molar-refractivity contribution in [2.75, 3.05) is 12.4 Å². The first-order valence-electron chi connectivity index (χ1n) is 8.16. The van der Waals surface area contributed by atoms with E-state index >= 15 is 0 Å². The standard InChI is InChI=1S/C19H22N2O3S/c1-19(2,3)14-8-10-15(11-9-14)24-12-13-25(22,23)18-20-16-6-4-5-7-17(16)21-18/h4-11H,12-13H2,1-3H3,(H,20,21). The summed E-state index contributed by atoms with van der Waals surface area (Å²) in [4.78, 5) is 7.00. The number of sulfone groups is 1. The van der Waals surface area contributed by atoms with Gasteiger partial charge in [0.05, 0.1) is 16.8 Å². The number of hydrogen-bond acceptors (Lipinski definition) is 4. The third kappa shape index (κ3) is 4.02. The molecule has 1 aromatic heterocycles. The second kappa shape index (κ2) is 6.52. The van der Waals surface area contributed by atoms with Crippen molar-refractivity contribution in [1.29, 1.82) is 0 Å². The number of ether oxygens (including phenoxy) is 1. The fourth-order valence-electron chi connectivity index (χ4n) is 2.49. The number of hydrogen-bond donors (Lipinski definition) is 1. The van der Waals surface area contributed by atoms with Crippen molar-refractivity contribution in [3.05, 3.63) is 54.1 Å². The average molecular weight is 358 g/mol. The smallest absolute Gasteiger partial charge is 0.226 e. The zero-order valence-electron chi connectivity index (χ0n) is 14.6. The second-order valence-electron chi connectivity index (χ2n) is 7.00. The van der Waals surface area contributed by atoms with Gasteiger partial charge in [0.15, 0.2) is 0 Å². The normalized spacial score (nSPS) is 12.4. The quantitative estimate of drug-likeness (QED) is 0.754. The third-order valence-electron chi connectivity index (χ3n) is 4.00. The second-order valence-corrected chi connectivity index (χ2v) is 9.03. The molecule has 0 radical (unpaired) electrons. The van der Waals surface area contributed by atoms with Crippen molar-refractivity contribution in [1.82, 2.24) is 9.97 Å².